The first-order valence-corrected chi connectivity index (χ1v) is 6.54. The van der Waals surface area contributed by atoms with Crippen LogP contribution in [-0.4, -0.2) is 41.6 Å². The minimum atomic E-state index is -0.670. The molecule has 1 aliphatic rings. The third kappa shape index (κ3) is 2.62. The first kappa shape index (κ1) is 14.0. The van der Waals surface area contributed by atoms with Crippen LogP contribution in [0, 0.1) is 6.92 Å². The van der Waals surface area contributed by atoms with E-state index in [2.05, 4.69) is 9.88 Å². The van der Waals surface area contributed by atoms with Crippen LogP contribution in [0.25, 0.3) is 0 Å². The average molecular weight is 263 g/mol. The summed E-state index contributed by atoms with van der Waals surface area (Å²) >= 11 is 0. The van der Waals surface area contributed by atoms with E-state index in [1.165, 1.54) is 0 Å². The molecule has 2 rings (SSSR count). The number of carbonyl (C=O) groups excluding carboxylic acids is 1. The number of aromatic nitrogens is 1. The summed E-state index contributed by atoms with van der Waals surface area (Å²) in [5, 5.41) is 0. The standard InChI is InChI=1S/C14H21N3O2/c1-11-12(5-3-7-16-11)9-17-8-4-6-14(17,10-19-2)13(15)18/h3,5,7H,4,6,8-10H2,1-2H3,(H2,15,18). The van der Waals surface area contributed by atoms with Crippen molar-refractivity contribution in [3.05, 3.63) is 29.6 Å². The number of hydrogen-bond donors (Lipinski definition) is 1. The molecule has 1 unspecified atom stereocenters. The van der Waals surface area contributed by atoms with Crippen molar-refractivity contribution in [1.82, 2.24) is 9.88 Å². The Kier molecular flexibility index (Phi) is 4.17. The molecule has 2 heterocycles. The van der Waals surface area contributed by atoms with Crippen molar-refractivity contribution in [2.45, 2.75) is 31.8 Å². The number of rotatable bonds is 5. The Labute approximate surface area is 113 Å². The Bertz CT molecular complexity index is 464. The molecule has 0 spiro atoms. The topological polar surface area (TPSA) is 68.5 Å². The smallest absolute Gasteiger partial charge is 0.240 e. The van der Waals surface area contributed by atoms with E-state index in [9.17, 15) is 4.79 Å². The van der Waals surface area contributed by atoms with Crippen molar-refractivity contribution in [2.24, 2.45) is 5.73 Å². The van der Waals surface area contributed by atoms with E-state index in [4.69, 9.17) is 10.5 Å². The minimum absolute atomic E-state index is 0.298. The fraction of sp³-hybridized carbons (Fsp3) is 0.571. The lowest BCUT2D eigenvalue weighted by Gasteiger charge is -2.35. The molecule has 1 atom stereocenters. The fourth-order valence-corrected chi connectivity index (χ4v) is 2.81. The van der Waals surface area contributed by atoms with Crippen LogP contribution in [0.15, 0.2) is 18.3 Å². The van der Waals surface area contributed by atoms with Gasteiger partial charge in [0.05, 0.1) is 6.61 Å². The molecule has 0 aromatic carbocycles. The van der Waals surface area contributed by atoms with E-state index in [1.807, 2.05) is 19.1 Å². The molecule has 5 nitrogen and oxygen atoms in total. The zero-order valence-electron chi connectivity index (χ0n) is 11.6. The summed E-state index contributed by atoms with van der Waals surface area (Å²) < 4.78 is 5.23. The van der Waals surface area contributed by atoms with Crippen LogP contribution in [0.3, 0.4) is 0 Å². The number of carbonyl (C=O) groups is 1. The second-order valence-electron chi connectivity index (χ2n) is 5.10. The van der Waals surface area contributed by atoms with E-state index in [1.54, 1.807) is 13.3 Å². The van der Waals surface area contributed by atoms with Crippen molar-refractivity contribution in [2.75, 3.05) is 20.3 Å². The van der Waals surface area contributed by atoms with Gasteiger partial charge < -0.3 is 10.5 Å². The lowest BCUT2D eigenvalue weighted by Crippen LogP contribution is -2.56. The maximum absolute atomic E-state index is 11.9. The number of primary amides is 1. The van der Waals surface area contributed by atoms with E-state index in [0.29, 0.717) is 13.2 Å². The normalized spacial score (nSPS) is 23.7. The second kappa shape index (κ2) is 5.67. The average Bonchev–Trinajstić information content (AvgIpc) is 2.77. The molecule has 0 bridgehead atoms. The zero-order valence-corrected chi connectivity index (χ0v) is 11.6. The maximum Gasteiger partial charge on any atom is 0.240 e. The number of methoxy groups -OCH3 is 1. The highest BCUT2D eigenvalue weighted by atomic mass is 16.5. The number of ether oxygens (including phenoxy) is 1. The highest BCUT2D eigenvalue weighted by Gasteiger charge is 2.46. The van der Waals surface area contributed by atoms with Gasteiger partial charge in [-0.05, 0) is 37.9 Å². The van der Waals surface area contributed by atoms with Gasteiger partial charge in [-0.1, -0.05) is 6.07 Å². The molecule has 1 amide bonds. The maximum atomic E-state index is 11.9. The lowest BCUT2D eigenvalue weighted by atomic mass is 9.95. The van der Waals surface area contributed by atoms with Crippen molar-refractivity contribution >= 4 is 5.91 Å². The molecule has 1 aromatic heterocycles. The van der Waals surface area contributed by atoms with Crippen LogP contribution < -0.4 is 5.73 Å². The molecule has 1 aromatic rings. The number of nitrogens with two attached hydrogens (primary N) is 1. The van der Waals surface area contributed by atoms with Gasteiger partial charge >= 0.3 is 0 Å². The van der Waals surface area contributed by atoms with Crippen LogP contribution in [0.4, 0.5) is 0 Å². The largest absolute Gasteiger partial charge is 0.382 e. The summed E-state index contributed by atoms with van der Waals surface area (Å²) in [7, 11) is 1.61. The van der Waals surface area contributed by atoms with Crippen molar-refractivity contribution < 1.29 is 9.53 Å². The number of pyridine rings is 1. The fourth-order valence-electron chi connectivity index (χ4n) is 2.81. The van der Waals surface area contributed by atoms with Gasteiger partial charge in [0.2, 0.25) is 5.91 Å². The Balaban J connectivity index is 2.23. The number of amides is 1. The molecule has 5 heteroatoms. The monoisotopic (exact) mass is 263 g/mol. The Morgan fingerprint density at radius 1 is 1.63 bits per heavy atom. The third-order valence-corrected chi connectivity index (χ3v) is 3.94. The Morgan fingerprint density at radius 3 is 3.05 bits per heavy atom. The zero-order chi connectivity index (χ0) is 13.9. The molecule has 104 valence electrons. The third-order valence-electron chi connectivity index (χ3n) is 3.94. The van der Waals surface area contributed by atoms with Gasteiger partial charge in [-0.3, -0.25) is 14.7 Å². The van der Waals surface area contributed by atoms with Crippen LogP contribution in [0.5, 0.6) is 0 Å². The van der Waals surface area contributed by atoms with Crippen molar-refractivity contribution in [3.8, 4) is 0 Å². The van der Waals surface area contributed by atoms with Crippen LogP contribution >= 0.6 is 0 Å². The summed E-state index contributed by atoms with van der Waals surface area (Å²) in [6.07, 6.45) is 3.50. The predicted octanol–water partition coefficient (Wildman–Crippen LogP) is 0.856. The quantitative estimate of drug-likeness (QED) is 0.855. The van der Waals surface area contributed by atoms with Gasteiger partial charge in [0.1, 0.15) is 5.54 Å². The SMILES string of the molecule is COCC1(C(N)=O)CCCN1Cc1cccnc1C. The lowest BCUT2D eigenvalue weighted by molar-refractivity contribution is -0.132. The first-order valence-electron chi connectivity index (χ1n) is 6.54. The van der Waals surface area contributed by atoms with Gasteiger partial charge in [0.15, 0.2) is 0 Å². The van der Waals surface area contributed by atoms with E-state index >= 15 is 0 Å². The molecule has 1 aliphatic heterocycles. The number of nitrogens with zero attached hydrogens (tertiary/aromatic N) is 2. The van der Waals surface area contributed by atoms with Gasteiger partial charge in [0.25, 0.3) is 0 Å². The summed E-state index contributed by atoms with van der Waals surface area (Å²) in [6, 6.07) is 3.96. The second-order valence-corrected chi connectivity index (χ2v) is 5.10. The van der Waals surface area contributed by atoms with E-state index in [0.717, 1.165) is 30.6 Å². The summed E-state index contributed by atoms with van der Waals surface area (Å²) in [4.78, 5) is 18.3. The predicted molar refractivity (Wildman–Crippen MR) is 72.4 cm³/mol. The number of hydrogen-bond acceptors (Lipinski definition) is 4. The first-order chi connectivity index (χ1) is 9.10. The molecular weight excluding hydrogens is 242 g/mol. The van der Waals surface area contributed by atoms with Gasteiger partial charge in [0, 0.05) is 25.5 Å². The minimum Gasteiger partial charge on any atom is -0.382 e. The van der Waals surface area contributed by atoms with Gasteiger partial charge in [-0.25, -0.2) is 0 Å². The van der Waals surface area contributed by atoms with Gasteiger partial charge in [-0.15, -0.1) is 0 Å². The molecule has 1 saturated heterocycles. The number of aryl methyl sites for hydroxylation is 1. The van der Waals surface area contributed by atoms with E-state index < -0.39 is 5.54 Å². The Hall–Kier alpha value is -1.46. The summed E-state index contributed by atoms with van der Waals surface area (Å²) in [6.45, 7) is 3.88. The summed E-state index contributed by atoms with van der Waals surface area (Å²) in [5.74, 6) is -0.298. The molecule has 0 aliphatic carbocycles. The van der Waals surface area contributed by atoms with Crippen LogP contribution in [0.1, 0.15) is 24.1 Å². The highest BCUT2D eigenvalue weighted by Crippen LogP contribution is 2.31. The Morgan fingerprint density at radius 2 is 2.42 bits per heavy atom. The van der Waals surface area contributed by atoms with Gasteiger partial charge in [-0.2, -0.15) is 0 Å². The molecule has 1 fully saturated rings. The van der Waals surface area contributed by atoms with Crippen molar-refractivity contribution in [1.29, 1.82) is 0 Å². The number of likely N-dealkylation sites (tertiary alicyclic amines) is 1. The summed E-state index contributed by atoms with van der Waals surface area (Å²) in [5.41, 5.74) is 7.08. The highest BCUT2D eigenvalue weighted by molar-refractivity contribution is 5.85. The van der Waals surface area contributed by atoms with Crippen LogP contribution in [-0.2, 0) is 16.1 Å². The van der Waals surface area contributed by atoms with Crippen LogP contribution in [0.2, 0.25) is 0 Å². The molecule has 2 N–H and O–H groups in total. The molecular formula is C14H21N3O2. The molecule has 0 saturated carbocycles. The van der Waals surface area contributed by atoms with E-state index in [-0.39, 0.29) is 5.91 Å². The molecule has 0 radical (unpaired) electrons. The molecule has 19 heavy (non-hydrogen) atoms. The van der Waals surface area contributed by atoms with Crippen molar-refractivity contribution in [3.63, 3.8) is 0 Å².